The molecular weight excluding hydrogens is 304 g/mol. The van der Waals surface area contributed by atoms with E-state index in [-0.39, 0.29) is 0 Å². The zero-order valence-electron chi connectivity index (χ0n) is 16.3. The molecule has 3 aromatic rings. The van der Waals surface area contributed by atoms with E-state index in [0.717, 1.165) is 30.7 Å². The van der Waals surface area contributed by atoms with Gasteiger partial charge in [0.15, 0.2) is 0 Å². The molecule has 1 N–H and O–H groups in total. The van der Waals surface area contributed by atoms with Gasteiger partial charge in [-0.1, -0.05) is 69.3 Å². The molecule has 0 aliphatic rings. The third-order valence-corrected chi connectivity index (χ3v) is 3.77. The lowest BCUT2D eigenvalue weighted by Crippen LogP contribution is -2.15. The van der Waals surface area contributed by atoms with Gasteiger partial charge in [-0.25, -0.2) is 0 Å². The lowest BCUT2D eigenvalue weighted by atomic mass is 10.1. The Morgan fingerprint density at radius 3 is 2.24 bits per heavy atom. The van der Waals surface area contributed by atoms with Crippen LogP contribution in [0.5, 0.6) is 0 Å². The number of nitrogens with one attached hydrogen (secondary N) is 1. The topological polar surface area (TPSA) is 24.9 Å². The first-order valence-corrected chi connectivity index (χ1v) is 9.28. The number of likely N-dealkylation sites (N-methyl/N-ethyl adjacent to an activating group) is 1. The number of aromatic nitrogens is 1. The number of nitrogens with zero attached hydrogens (tertiary/aromatic N) is 1. The van der Waals surface area contributed by atoms with Crippen molar-refractivity contribution in [3.8, 4) is 0 Å². The Labute approximate surface area is 153 Å². The highest BCUT2D eigenvalue weighted by atomic mass is 14.8. The third-order valence-electron chi connectivity index (χ3n) is 3.77. The Balaban J connectivity index is 0.000000229. The zero-order valence-corrected chi connectivity index (χ0v) is 16.3. The molecule has 0 aliphatic carbocycles. The first kappa shape index (κ1) is 20.9. The first-order chi connectivity index (χ1) is 12.2. The summed E-state index contributed by atoms with van der Waals surface area (Å²) in [6, 6.07) is 20.9. The highest BCUT2D eigenvalue weighted by Gasteiger charge is 1.96. The van der Waals surface area contributed by atoms with E-state index in [2.05, 4.69) is 78.7 Å². The van der Waals surface area contributed by atoms with Gasteiger partial charge in [0, 0.05) is 11.1 Å². The van der Waals surface area contributed by atoms with Crippen LogP contribution in [0.15, 0.2) is 60.7 Å². The van der Waals surface area contributed by atoms with Crippen LogP contribution < -0.4 is 5.32 Å². The van der Waals surface area contributed by atoms with Crippen molar-refractivity contribution < 1.29 is 0 Å². The predicted octanol–water partition coefficient (Wildman–Crippen LogP) is 5.72. The minimum Gasteiger partial charge on any atom is -0.317 e. The molecule has 0 spiro atoms. The molecular formula is C23H32N2. The van der Waals surface area contributed by atoms with Crippen LogP contribution in [0.25, 0.3) is 10.9 Å². The minimum absolute atomic E-state index is 1.06. The van der Waals surface area contributed by atoms with Crippen molar-refractivity contribution in [3.63, 3.8) is 0 Å². The zero-order chi connectivity index (χ0) is 18.5. The fourth-order valence-corrected chi connectivity index (χ4v) is 2.46. The number of hydrogen-bond acceptors (Lipinski definition) is 2. The molecule has 2 aromatic carbocycles. The maximum Gasteiger partial charge on any atom is 0.0707 e. The second-order valence-corrected chi connectivity index (χ2v) is 5.68. The number of aryl methyl sites for hydroxylation is 2. The molecule has 1 aromatic heterocycles. The van der Waals surface area contributed by atoms with Gasteiger partial charge in [0.05, 0.1) is 5.52 Å². The summed E-state index contributed by atoms with van der Waals surface area (Å²) in [5.74, 6) is 0. The number of benzene rings is 2. The summed E-state index contributed by atoms with van der Waals surface area (Å²) in [5, 5.41) is 4.55. The average Bonchev–Trinajstić information content (AvgIpc) is 2.65. The Bertz CT molecular complexity index is 720. The molecule has 0 saturated heterocycles. The third kappa shape index (κ3) is 7.49. The van der Waals surface area contributed by atoms with Crippen LogP contribution in [-0.4, -0.2) is 18.1 Å². The summed E-state index contributed by atoms with van der Waals surface area (Å²) < 4.78 is 0. The fourth-order valence-electron chi connectivity index (χ4n) is 2.46. The summed E-state index contributed by atoms with van der Waals surface area (Å²) in [4.78, 5) is 4.44. The van der Waals surface area contributed by atoms with E-state index in [1.54, 1.807) is 0 Å². The molecule has 2 heteroatoms. The van der Waals surface area contributed by atoms with Crippen LogP contribution in [0.1, 0.15) is 37.6 Å². The number of pyridine rings is 1. The molecule has 3 rings (SSSR count). The number of fused-ring (bicyclic) bond motifs is 1. The predicted molar refractivity (Wildman–Crippen MR) is 111 cm³/mol. The van der Waals surface area contributed by atoms with E-state index in [9.17, 15) is 0 Å². The van der Waals surface area contributed by atoms with Gasteiger partial charge in [-0.05, 0) is 56.6 Å². The molecule has 0 bridgehead atoms. The Morgan fingerprint density at radius 1 is 0.840 bits per heavy atom. The van der Waals surface area contributed by atoms with E-state index >= 15 is 0 Å². The Kier molecular flexibility index (Phi) is 10.2. The van der Waals surface area contributed by atoms with Crippen LogP contribution in [0.3, 0.4) is 0 Å². The lowest BCUT2D eigenvalue weighted by molar-refractivity contribution is 0.716. The molecule has 0 radical (unpaired) electrons. The number of rotatable bonds is 4. The largest absolute Gasteiger partial charge is 0.317 e. The highest BCUT2D eigenvalue weighted by molar-refractivity contribution is 5.81. The summed E-state index contributed by atoms with van der Waals surface area (Å²) in [6.45, 7) is 12.4. The molecule has 0 aliphatic heterocycles. The van der Waals surface area contributed by atoms with Gasteiger partial charge in [-0.2, -0.15) is 0 Å². The SMILES string of the molecule is CC.CCNCCc1ccccc1.Cc1ccc2c(C)cccc2n1. The normalized spacial score (nSPS) is 9.64. The van der Waals surface area contributed by atoms with Crippen molar-refractivity contribution in [2.45, 2.75) is 41.0 Å². The van der Waals surface area contributed by atoms with Gasteiger partial charge in [0.1, 0.15) is 0 Å². The van der Waals surface area contributed by atoms with Gasteiger partial charge in [-0.15, -0.1) is 0 Å². The highest BCUT2D eigenvalue weighted by Crippen LogP contribution is 2.15. The van der Waals surface area contributed by atoms with Gasteiger partial charge in [0.25, 0.3) is 0 Å². The molecule has 0 atom stereocenters. The van der Waals surface area contributed by atoms with Crippen molar-refractivity contribution >= 4 is 10.9 Å². The smallest absolute Gasteiger partial charge is 0.0707 e. The average molecular weight is 337 g/mol. The second kappa shape index (κ2) is 12.2. The Morgan fingerprint density at radius 2 is 1.56 bits per heavy atom. The summed E-state index contributed by atoms with van der Waals surface area (Å²) in [7, 11) is 0. The molecule has 2 nitrogen and oxygen atoms in total. The quantitative estimate of drug-likeness (QED) is 0.617. The molecule has 0 unspecified atom stereocenters. The summed E-state index contributed by atoms with van der Waals surface area (Å²) in [6.07, 6.45) is 1.13. The van der Waals surface area contributed by atoms with Crippen molar-refractivity contribution in [1.82, 2.24) is 10.3 Å². The fraction of sp³-hybridized carbons (Fsp3) is 0.348. The number of hydrogen-bond donors (Lipinski definition) is 1. The van der Waals surface area contributed by atoms with Crippen LogP contribution in [-0.2, 0) is 6.42 Å². The summed E-state index contributed by atoms with van der Waals surface area (Å²) in [5.41, 5.74) is 4.87. The molecule has 134 valence electrons. The van der Waals surface area contributed by atoms with Crippen LogP contribution in [0, 0.1) is 13.8 Å². The van der Waals surface area contributed by atoms with E-state index < -0.39 is 0 Å². The lowest BCUT2D eigenvalue weighted by Gasteiger charge is -2.00. The van der Waals surface area contributed by atoms with E-state index in [1.807, 2.05) is 26.8 Å². The maximum absolute atomic E-state index is 4.44. The van der Waals surface area contributed by atoms with Gasteiger partial charge in [-0.3, -0.25) is 4.98 Å². The van der Waals surface area contributed by atoms with E-state index in [4.69, 9.17) is 0 Å². The van der Waals surface area contributed by atoms with Crippen LogP contribution in [0.2, 0.25) is 0 Å². The monoisotopic (exact) mass is 336 g/mol. The molecule has 1 heterocycles. The van der Waals surface area contributed by atoms with Crippen molar-refractivity contribution in [3.05, 3.63) is 77.5 Å². The van der Waals surface area contributed by atoms with Gasteiger partial charge >= 0.3 is 0 Å². The molecule has 0 amide bonds. The van der Waals surface area contributed by atoms with E-state index in [1.165, 1.54) is 16.5 Å². The van der Waals surface area contributed by atoms with Crippen LogP contribution >= 0.6 is 0 Å². The van der Waals surface area contributed by atoms with E-state index in [0.29, 0.717) is 0 Å². The van der Waals surface area contributed by atoms with Crippen molar-refractivity contribution in [2.24, 2.45) is 0 Å². The van der Waals surface area contributed by atoms with Gasteiger partial charge in [0.2, 0.25) is 0 Å². The Hall–Kier alpha value is -2.19. The van der Waals surface area contributed by atoms with Gasteiger partial charge < -0.3 is 5.32 Å². The second-order valence-electron chi connectivity index (χ2n) is 5.68. The first-order valence-electron chi connectivity index (χ1n) is 9.28. The molecule has 0 fully saturated rings. The summed E-state index contributed by atoms with van der Waals surface area (Å²) >= 11 is 0. The minimum atomic E-state index is 1.06. The van der Waals surface area contributed by atoms with Crippen molar-refractivity contribution in [2.75, 3.05) is 13.1 Å². The van der Waals surface area contributed by atoms with Crippen LogP contribution in [0.4, 0.5) is 0 Å². The standard InChI is InChI=1S/C11H11N.C10H15N.C2H6/c1-8-4-3-5-11-10(8)7-6-9(2)12-11;1-2-11-9-8-10-6-4-3-5-7-10;1-2/h3-7H,1-2H3;3-7,11H,2,8-9H2,1H3;1-2H3. The maximum atomic E-state index is 4.44. The molecule has 0 saturated carbocycles. The van der Waals surface area contributed by atoms with Crippen molar-refractivity contribution in [1.29, 1.82) is 0 Å². The molecule has 25 heavy (non-hydrogen) atoms.